The van der Waals surface area contributed by atoms with Crippen LogP contribution in [0, 0.1) is 5.92 Å². The fraction of sp³-hybridized carbons (Fsp3) is 0.556. The van der Waals surface area contributed by atoms with Crippen LogP contribution in [0.4, 0.5) is 0 Å². The van der Waals surface area contributed by atoms with E-state index in [4.69, 9.17) is 21.1 Å². The van der Waals surface area contributed by atoms with Crippen molar-refractivity contribution in [2.45, 2.75) is 51.8 Å². The van der Waals surface area contributed by atoms with E-state index >= 15 is 0 Å². The zero-order chi connectivity index (χ0) is 17.9. The number of benzene rings is 1. The van der Waals surface area contributed by atoms with Gasteiger partial charge < -0.3 is 9.47 Å². The second-order valence-electron chi connectivity index (χ2n) is 6.52. The third-order valence-corrected chi connectivity index (χ3v) is 4.37. The topological polar surface area (TPSA) is 64.6 Å². The van der Waals surface area contributed by atoms with Gasteiger partial charge in [-0.25, -0.2) is 0 Å². The zero-order valence-electron chi connectivity index (χ0n) is 14.5. The highest BCUT2D eigenvalue weighted by Gasteiger charge is 2.51. The summed E-state index contributed by atoms with van der Waals surface area (Å²) in [5.41, 5.74) is -0.0510. The first-order valence-corrected chi connectivity index (χ1v) is 8.55. The Morgan fingerprint density at radius 2 is 1.96 bits per heavy atom. The molecule has 2 rings (SSSR count). The number of carbonyl (C=O) groups excluding carboxylic acids is 2. The molecule has 0 radical (unpaired) electrons. The molecular formula is C18H24ClNO4. The molecule has 1 aliphatic heterocycles. The van der Waals surface area contributed by atoms with Crippen LogP contribution in [0.1, 0.15) is 45.7 Å². The van der Waals surface area contributed by atoms with E-state index in [1.165, 1.54) is 0 Å². The number of ether oxygens (including phenoxy) is 2. The van der Waals surface area contributed by atoms with E-state index in [9.17, 15) is 9.59 Å². The third-order valence-electron chi connectivity index (χ3n) is 4.12. The van der Waals surface area contributed by atoms with Crippen molar-refractivity contribution >= 4 is 23.5 Å². The summed E-state index contributed by atoms with van der Waals surface area (Å²) in [5, 5.41) is 3.90. The molecule has 1 aromatic carbocycles. The molecule has 3 atom stereocenters. The van der Waals surface area contributed by atoms with Crippen LogP contribution in [-0.2, 0) is 19.1 Å². The Balaban J connectivity index is 2.30. The summed E-state index contributed by atoms with van der Waals surface area (Å²) in [6, 6.07) is 6.91. The number of hydrogen-bond acceptors (Lipinski definition) is 5. The summed E-state index contributed by atoms with van der Waals surface area (Å²) in [6.45, 7) is 7.44. The van der Waals surface area contributed by atoms with Gasteiger partial charge in [0.1, 0.15) is 5.54 Å². The molecule has 6 heteroatoms. The summed E-state index contributed by atoms with van der Waals surface area (Å²) in [6.07, 6.45) is 0.108. The predicted molar refractivity (Wildman–Crippen MR) is 91.7 cm³/mol. The molecule has 0 aromatic heterocycles. The molecule has 0 saturated carbocycles. The molecule has 1 saturated heterocycles. The molecule has 1 aromatic rings. The van der Waals surface area contributed by atoms with E-state index in [2.05, 4.69) is 5.32 Å². The van der Waals surface area contributed by atoms with E-state index in [0.29, 0.717) is 18.1 Å². The van der Waals surface area contributed by atoms with Gasteiger partial charge in [0.2, 0.25) is 0 Å². The Labute approximate surface area is 147 Å². The molecule has 0 spiro atoms. The molecule has 24 heavy (non-hydrogen) atoms. The lowest BCUT2D eigenvalue weighted by Crippen LogP contribution is -2.47. The van der Waals surface area contributed by atoms with Gasteiger partial charge >= 0.3 is 11.9 Å². The van der Waals surface area contributed by atoms with Gasteiger partial charge in [0.25, 0.3) is 0 Å². The Bertz CT molecular complexity index is 602. The molecule has 1 aliphatic rings. The standard InChI is InChI=1S/C18H24ClNO4/c1-5-23-16(21)14-10-18(4,17(22)24-11(2)3)20-15(14)12-6-8-13(19)9-7-12/h6-9,11,14-15,20H,5,10H2,1-4H3/t14-,15-,18?/m0/s1. The highest BCUT2D eigenvalue weighted by Crippen LogP contribution is 2.40. The van der Waals surface area contributed by atoms with Gasteiger partial charge in [-0.3, -0.25) is 14.9 Å². The van der Waals surface area contributed by atoms with Crippen LogP contribution < -0.4 is 5.32 Å². The average molecular weight is 354 g/mol. The minimum Gasteiger partial charge on any atom is -0.466 e. The SMILES string of the molecule is CCOC(=O)[C@H]1CC(C)(C(=O)OC(C)C)N[C@H]1c1ccc(Cl)cc1. The monoisotopic (exact) mass is 353 g/mol. The Morgan fingerprint density at radius 1 is 1.33 bits per heavy atom. The van der Waals surface area contributed by atoms with Gasteiger partial charge in [-0.15, -0.1) is 0 Å². The molecule has 0 aliphatic carbocycles. The average Bonchev–Trinajstić information content (AvgIpc) is 2.87. The fourth-order valence-electron chi connectivity index (χ4n) is 3.00. The maximum atomic E-state index is 12.5. The first kappa shape index (κ1) is 18.7. The van der Waals surface area contributed by atoms with Crippen molar-refractivity contribution in [3.05, 3.63) is 34.9 Å². The van der Waals surface area contributed by atoms with Crippen LogP contribution in [-0.4, -0.2) is 30.2 Å². The van der Waals surface area contributed by atoms with Gasteiger partial charge in [0.05, 0.1) is 18.6 Å². The van der Waals surface area contributed by atoms with Crippen LogP contribution in [0.25, 0.3) is 0 Å². The number of esters is 2. The lowest BCUT2D eigenvalue weighted by atomic mass is 9.90. The predicted octanol–water partition coefficient (Wildman–Crippen LogP) is 3.26. The Morgan fingerprint density at radius 3 is 2.50 bits per heavy atom. The Hall–Kier alpha value is -1.59. The van der Waals surface area contributed by atoms with Gasteiger partial charge in [-0.1, -0.05) is 23.7 Å². The van der Waals surface area contributed by atoms with Gasteiger partial charge in [-0.2, -0.15) is 0 Å². The largest absolute Gasteiger partial charge is 0.466 e. The van der Waals surface area contributed by atoms with E-state index in [1.807, 2.05) is 12.1 Å². The molecular weight excluding hydrogens is 330 g/mol. The highest BCUT2D eigenvalue weighted by molar-refractivity contribution is 6.30. The van der Waals surface area contributed by atoms with Crippen molar-refractivity contribution in [3.63, 3.8) is 0 Å². The Kier molecular flexibility index (Phi) is 5.88. The molecule has 1 N–H and O–H groups in total. The lowest BCUT2D eigenvalue weighted by molar-refractivity contribution is -0.154. The second-order valence-corrected chi connectivity index (χ2v) is 6.96. The first-order valence-electron chi connectivity index (χ1n) is 8.17. The normalized spacial score (nSPS) is 26.4. The van der Waals surface area contributed by atoms with E-state index < -0.39 is 11.5 Å². The molecule has 1 unspecified atom stereocenters. The fourth-order valence-corrected chi connectivity index (χ4v) is 3.13. The summed E-state index contributed by atoms with van der Waals surface area (Å²) in [4.78, 5) is 24.9. The minimum absolute atomic E-state index is 0.216. The smallest absolute Gasteiger partial charge is 0.326 e. The summed E-state index contributed by atoms with van der Waals surface area (Å²) in [7, 11) is 0. The summed E-state index contributed by atoms with van der Waals surface area (Å²) in [5.74, 6) is -1.13. The van der Waals surface area contributed by atoms with Gasteiger partial charge in [0, 0.05) is 11.1 Å². The molecule has 0 bridgehead atoms. The van der Waals surface area contributed by atoms with Crippen molar-refractivity contribution in [2.75, 3.05) is 6.61 Å². The van der Waals surface area contributed by atoms with Gasteiger partial charge in [-0.05, 0) is 51.8 Å². The highest BCUT2D eigenvalue weighted by atomic mass is 35.5. The zero-order valence-corrected chi connectivity index (χ0v) is 15.2. The van der Waals surface area contributed by atoms with Crippen molar-refractivity contribution in [1.82, 2.24) is 5.32 Å². The summed E-state index contributed by atoms with van der Waals surface area (Å²) < 4.78 is 10.6. The van der Waals surface area contributed by atoms with Crippen LogP contribution in [0.5, 0.6) is 0 Å². The number of carbonyl (C=O) groups is 2. The van der Waals surface area contributed by atoms with E-state index in [0.717, 1.165) is 5.56 Å². The maximum absolute atomic E-state index is 12.5. The number of hydrogen-bond donors (Lipinski definition) is 1. The van der Waals surface area contributed by atoms with Gasteiger partial charge in [0.15, 0.2) is 0 Å². The summed E-state index contributed by atoms with van der Waals surface area (Å²) >= 11 is 5.94. The minimum atomic E-state index is -0.938. The second kappa shape index (κ2) is 7.53. The lowest BCUT2D eigenvalue weighted by Gasteiger charge is -2.25. The maximum Gasteiger partial charge on any atom is 0.326 e. The van der Waals surface area contributed by atoms with Crippen molar-refractivity contribution in [1.29, 1.82) is 0 Å². The molecule has 0 amide bonds. The van der Waals surface area contributed by atoms with Crippen molar-refractivity contribution in [2.24, 2.45) is 5.92 Å². The van der Waals surface area contributed by atoms with Crippen molar-refractivity contribution < 1.29 is 19.1 Å². The van der Waals surface area contributed by atoms with Crippen LogP contribution in [0.3, 0.4) is 0 Å². The first-order chi connectivity index (χ1) is 11.3. The van der Waals surface area contributed by atoms with Crippen LogP contribution >= 0.6 is 11.6 Å². The van der Waals surface area contributed by atoms with E-state index in [-0.39, 0.29) is 24.1 Å². The van der Waals surface area contributed by atoms with Crippen LogP contribution in [0.15, 0.2) is 24.3 Å². The molecule has 1 fully saturated rings. The molecule has 132 valence electrons. The number of halogens is 1. The molecule has 5 nitrogen and oxygen atoms in total. The quantitative estimate of drug-likeness (QED) is 0.823. The van der Waals surface area contributed by atoms with Crippen molar-refractivity contribution in [3.8, 4) is 0 Å². The van der Waals surface area contributed by atoms with Crippen LogP contribution in [0.2, 0.25) is 5.02 Å². The third kappa shape index (κ3) is 4.08. The molecule has 1 heterocycles. The van der Waals surface area contributed by atoms with E-state index in [1.54, 1.807) is 39.8 Å². The number of nitrogens with one attached hydrogen (secondary N) is 1. The number of rotatable bonds is 5.